The molecular formula is C18H33N3. The molecule has 1 rings (SSSR count). The molecule has 0 spiro atoms. The monoisotopic (exact) mass is 291 g/mol. The first-order valence-electron chi connectivity index (χ1n) is 8.31. The fourth-order valence-corrected chi connectivity index (χ4v) is 2.64. The van der Waals surface area contributed by atoms with Crippen LogP contribution in [0.1, 0.15) is 57.9 Å². The fourth-order valence-electron chi connectivity index (χ4n) is 2.64. The quantitative estimate of drug-likeness (QED) is 0.782. The number of rotatable bonds is 8. The summed E-state index contributed by atoms with van der Waals surface area (Å²) < 4.78 is 0. The Labute approximate surface area is 131 Å². The molecule has 0 aliphatic heterocycles. The lowest BCUT2D eigenvalue weighted by atomic mass is 10.1. The number of nitrogens with one attached hydrogen (secondary N) is 1. The molecule has 120 valence electrons. The Morgan fingerprint density at radius 3 is 2.38 bits per heavy atom. The van der Waals surface area contributed by atoms with Gasteiger partial charge < -0.3 is 10.2 Å². The number of pyridine rings is 1. The molecule has 1 aromatic rings. The lowest BCUT2D eigenvalue weighted by Crippen LogP contribution is -2.34. The molecule has 0 bridgehead atoms. The number of hydrogen-bond acceptors (Lipinski definition) is 3. The zero-order chi connectivity index (χ0) is 16.0. The van der Waals surface area contributed by atoms with Crippen molar-refractivity contribution in [2.75, 3.05) is 18.0 Å². The van der Waals surface area contributed by atoms with Crippen molar-refractivity contribution in [2.24, 2.45) is 5.92 Å². The number of nitrogens with zero attached hydrogens (tertiary/aromatic N) is 2. The van der Waals surface area contributed by atoms with Gasteiger partial charge in [-0.15, -0.1) is 0 Å². The summed E-state index contributed by atoms with van der Waals surface area (Å²) in [6, 6.07) is 2.67. The molecule has 0 aliphatic rings. The molecule has 1 aromatic heterocycles. The van der Waals surface area contributed by atoms with Crippen molar-refractivity contribution in [3.05, 3.63) is 22.9 Å². The van der Waals surface area contributed by atoms with Crippen LogP contribution in [-0.2, 0) is 6.54 Å². The molecule has 3 nitrogen and oxygen atoms in total. The van der Waals surface area contributed by atoms with E-state index in [1.165, 1.54) is 16.9 Å². The number of aryl methyl sites for hydroxylation is 2. The third-order valence-corrected chi connectivity index (χ3v) is 3.67. The molecule has 0 saturated heterocycles. The Morgan fingerprint density at radius 1 is 1.19 bits per heavy atom. The first kappa shape index (κ1) is 18.0. The smallest absolute Gasteiger partial charge is 0.133 e. The molecule has 21 heavy (non-hydrogen) atoms. The first-order chi connectivity index (χ1) is 9.86. The van der Waals surface area contributed by atoms with Crippen molar-refractivity contribution in [1.29, 1.82) is 0 Å². The minimum Gasteiger partial charge on any atom is -0.354 e. The van der Waals surface area contributed by atoms with Gasteiger partial charge in [-0.1, -0.05) is 20.8 Å². The van der Waals surface area contributed by atoms with Crippen LogP contribution in [-0.4, -0.2) is 24.1 Å². The molecule has 1 N–H and O–H groups in total. The standard InChI is InChI=1S/C18H33N3/c1-8-9-21(14(4)5)18-17(12-19-11-13(2)3)15(6)10-16(7)20-18/h10,13-14,19H,8-9,11-12H2,1-7H3. The van der Waals surface area contributed by atoms with Crippen molar-refractivity contribution in [2.45, 2.75) is 67.5 Å². The van der Waals surface area contributed by atoms with Gasteiger partial charge in [0.1, 0.15) is 5.82 Å². The van der Waals surface area contributed by atoms with E-state index in [1.807, 2.05) is 0 Å². The van der Waals surface area contributed by atoms with E-state index < -0.39 is 0 Å². The molecule has 0 amide bonds. The van der Waals surface area contributed by atoms with E-state index in [4.69, 9.17) is 4.98 Å². The normalized spacial score (nSPS) is 11.5. The van der Waals surface area contributed by atoms with Crippen LogP contribution in [0.2, 0.25) is 0 Å². The van der Waals surface area contributed by atoms with Crippen molar-refractivity contribution in [3.8, 4) is 0 Å². The van der Waals surface area contributed by atoms with E-state index >= 15 is 0 Å². The van der Waals surface area contributed by atoms with E-state index in [1.54, 1.807) is 0 Å². The summed E-state index contributed by atoms with van der Waals surface area (Å²) in [5, 5.41) is 3.57. The lowest BCUT2D eigenvalue weighted by Gasteiger charge is -2.30. The second-order valence-electron chi connectivity index (χ2n) is 6.69. The molecule has 0 radical (unpaired) electrons. The third-order valence-electron chi connectivity index (χ3n) is 3.67. The van der Waals surface area contributed by atoms with Gasteiger partial charge in [-0.3, -0.25) is 0 Å². The highest BCUT2D eigenvalue weighted by molar-refractivity contribution is 5.52. The Kier molecular flexibility index (Phi) is 7.16. The highest BCUT2D eigenvalue weighted by Crippen LogP contribution is 2.24. The Balaban J connectivity index is 3.09. The summed E-state index contributed by atoms with van der Waals surface area (Å²) >= 11 is 0. The van der Waals surface area contributed by atoms with Crippen LogP contribution in [0.15, 0.2) is 6.07 Å². The molecule has 0 unspecified atom stereocenters. The zero-order valence-electron chi connectivity index (χ0n) is 15.0. The first-order valence-corrected chi connectivity index (χ1v) is 8.31. The van der Waals surface area contributed by atoms with E-state index in [0.717, 1.165) is 31.7 Å². The molecule has 0 saturated carbocycles. The van der Waals surface area contributed by atoms with Gasteiger partial charge in [-0.25, -0.2) is 4.98 Å². The summed E-state index contributed by atoms with van der Waals surface area (Å²) in [6.07, 6.45) is 1.14. The summed E-state index contributed by atoms with van der Waals surface area (Å²) in [7, 11) is 0. The van der Waals surface area contributed by atoms with Crippen LogP contribution in [0.25, 0.3) is 0 Å². The van der Waals surface area contributed by atoms with Crippen LogP contribution in [0.5, 0.6) is 0 Å². The van der Waals surface area contributed by atoms with Crippen LogP contribution >= 0.6 is 0 Å². The largest absolute Gasteiger partial charge is 0.354 e. The van der Waals surface area contributed by atoms with Gasteiger partial charge in [0.2, 0.25) is 0 Å². The third kappa shape index (κ3) is 5.31. The molecule has 0 fully saturated rings. The van der Waals surface area contributed by atoms with E-state index in [2.05, 4.69) is 64.7 Å². The van der Waals surface area contributed by atoms with Crippen molar-refractivity contribution in [1.82, 2.24) is 10.3 Å². The van der Waals surface area contributed by atoms with Gasteiger partial charge >= 0.3 is 0 Å². The Hall–Kier alpha value is -1.09. The van der Waals surface area contributed by atoms with Crippen LogP contribution in [0.4, 0.5) is 5.82 Å². The predicted molar refractivity (Wildman–Crippen MR) is 93.0 cm³/mol. The maximum Gasteiger partial charge on any atom is 0.133 e. The molecular weight excluding hydrogens is 258 g/mol. The minimum absolute atomic E-state index is 0.475. The van der Waals surface area contributed by atoms with Crippen LogP contribution < -0.4 is 10.2 Å². The average molecular weight is 291 g/mol. The Morgan fingerprint density at radius 2 is 1.86 bits per heavy atom. The minimum atomic E-state index is 0.475. The van der Waals surface area contributed by atoms with Gasteiger partial charge in [-0.05, 0) is 58.2 Å². The van der Waals surface area contributed by atoms with E-state index in [9.17, 15) is 0 Å². The number of aromatic nitrogens is 1. The van der Waals surface area contributed by atoms with Gasteiger partial charge in [0.25, 0.3) is 0 Å². The summed E-state index contributed by atoms with van der Waals surface area (Å²) in [6.45, 7) is 18.5. The fraction of sp³-hybridized carbons (Fsp3) is 0.722. The maximum absolute atomic E-state index is 4.86. The second kappa shape index (κ2) is 8.38. The molecule has 3 heteroatoms. The molecule has 1 heterocycles. The number of hydrogen-bond donors (Lipinski definition) is 1. The van der Waals surface area contributed by atoms with Gasteiger partial charge in [-0.2, -0.15) is 0 Å². The van der Waals surface area contributed by atoms with Gasteiger partial charge in [0.15, 0.2) is 0 Å². The zero-order valence-corrected chi connectivity index (χ0v) is 15.0. The van der Waals surface area contributed by atoms with Crippen molar-refractivity contribution >= 4 is 5.82 Å². The molecule has 0 aliphatic carbocycles. The summed E-state index contributed by atoms with van der Waals surface area (Å²) in [4.78, 5) is 7.29. The molecule has 0 atom stereocenters. The highest BCUT2D eigenvalue weighted by atomic mass is 15.2. The highest BCUT2D eigenvalue weighted by Gasteiger charge is 2.17. The van der Waals surface area contributed by atoms with E-state index in [-0.39, 0.29) is 0 Å². The molecule has 0 aromatic carbocycles. The average Bonchev–Trinajstić information content (AvgIpc) is 2.37. The van der Waals surface area contributed by atoms with Crippen molar-refractivity contribution < 1.29 is 0 Å². The van der Waals surface area contributed by atoms with Gasteiger partial charge in [0, 0.05) is 30.4 Å². The van der Waals surface area contributed by atoms with Crippen molar-refractivity contribution in [3.63, 3.8) is 0 Å². The second-order valence-corrected chi connectivity index (χ2v) is 6.69. The topological polar surface area (TPSA) is 28.2 Å². The SMILES string of the molecule is CCCN(c1nc(C)cc(C)c1CNCC(C)C)C(C)C. The van der Waals surface area contributed by atoms with Gasteiger partial charge in [0.05, 0.1) is 0 Å². The van der Waals surface area contributed by atoms with Crippen LogP contribution in [0, 0.1) is 19.8 Å². The van der Waals surface area contributed by atoms with E-state index in [0.29, 0.717) is 12.0 Å². The lowest BCUT2D eigenvalue weighted by molar-refractivity contribution is 0.549. The predicted octanol–water partition coefficient (Wildman–Crippen LogP) is 4.07. The maximum atomic E-state index is 4.86. The number of anilines is 1. The Bertz CT molecular complexity index is 438. The van der Waals surface area contributed by atoms with Crippen LogP contribution in [0.3, 0.4) is 0 Å². The summed E-state index contributed by atoms with van der Waals surface area (Å²) in [5.41, 5.74) is 3.80. The summed E-state index contributed by atoms with van der Waals surface area (Å²) in [5.74, 6) is 1.84.